The Morgan fingerprint density at radius 3 is 2.69 bits per heavy atom. The van der Waals surface area contributed by atoms with E-state index >= 15 is 0 Å². The van der Waals surface area contributed by atoms with Gasteiger partial charge in [-0.15, -0.1) is 11.6 Å². The van der Waals surface area contributed by atoms with E-state index in [9.17, 15) is 0 Å². The SMILES string of the molecule is Cc1ccc(Cn2cnc(CCl)c2)cc1C. The molecule has 0 N–H and O–H groups in total. The molecular weight excluding hydrogens is 220 g/mol. The normalized spacial score (nSPS) is 10.7. The van der Waals surface area contributed by atoms with Crippen LogP contribution >= 0.6 is 11.6 Å². The van der Waals surface area contributed by atoms with Gasteiger partial charge < -0.3 is 4.57 Å². The van der Waals surface area contributed by atoms with Crippen molar-refractivity contribution in [1.29, 1.82) is 0 Å². The summed E-state index contributed by atoms with van der Waals surface area (Å²) in [6.07, 6.45) is 3.81. The van der Waals surface area contributed by atoms with E-state index in [4.69, 9.17) is 11.6 Å². The van der Waals surface area contributed by atoms with Gasteiger partial charge in [0.15, 0.2) is 0 Å². The summed E-state index contributed by atoms with van der Waals surface area (Å²) < 4.78 is 2.06. The Bertz CT molecular complexity index is 488. The van der Waals surface area contributed by atoms with Crippen molar-refractivity contribution in [3.63, 3.8) is 0 Å². The van der Waals surface area contributed by atoms with Crippen LogP contribution in [0.3, 0.4) is 0 Å². The number of nitrogens with zero attached hydrogens (tertiary/aromatic N) is 2. The zero-order chi connectivity index (χ0) is 11.5. The molecule has 2 aromatic rings. The highest BCUT2D eigenvalue weighted by atomic mass is 35.5. The Morgan fingerprint density at radius 2 is 2.06 bits per heavy atom. The number of hydrogen-bond donors (Lipinski definition) is 0. The van der Waals surface area contributed by atoms with Crippen molar-refractivity contribution in [2.45, 2.75) is 26.3 Å². The first-order valence-electron chi connectivity index (χ1n) is 5.32. The van der Waals surface area contributed by atoms with Crippen LogP contribution < -0.4 is 0 Å². The van der Waals surface area contributed by atoms with Gasteiger partial charge in [0.1, 0.15) is 0 Å². The van der Waals surface area contributed by atoms with E-state index in [1.165, 1.54) is 16.7 Å². The Kier molecular flexibility index (Phi) is 3.30. The summed E-state index contributed by atoms with van der Waals surface area (Å²) in [5.41, 5.74) is 4.87. The number of imidazole rings is 1. The average molecular weight is 235 g/mol. The summed E-state index contributed by atoms with van der Waals surface area (Å²) in [7, 11) is 0. The molecule has 0 amide bonds. The third kappa shape index (κ3) is 2.45. The van der Waals surface area contributed by atoms with E-state index in [1.807, 2.05) is 12.5 Å². The van der Waals surface area contributed by atoms with Crippen LogP contribution in [0.4, 0.5) is 0 Å². The number of aryl methyl sites for hydroxylation is 2. The van der Waals surface area contributed by atoms with E-state index in [-0.39, 0.29) is 0 Å². The summed E-state index contributed by atoms with van der Waals surface area (Å²) in [6, 6.07) is 6.53. The molecule has 0 spiro atoms. The van der Waals surface area contributed by atoms with Gasteiger partial charge in [0.25, 0.3) is 0 Å². The molecule has 1 heterocycles. The third-order valence-corrected chi connectivity index (χ3v) is 3.03. The van der Waals surface area contributed by atoms with Gasteiger partial charge in [-0.3, -0.25) is 0 Å². The molecule has 0 atom stereocenters. The Balaban J connectivity index is 2.17. The van der Waals surface area contributed by atoms with Crippen LogP contribution in [0, 0.1) is 13.8 Å². The Morgan fingerprint density at radius 1 is 1.25 bits per heavy atom. The highest BCUT2D eigenvalue weighted by molar-refractivity contribution is 6.16. The lowest BCUT2D eigenvalue weighted by Crippen LogP contribution is -1.97. The van der Waals surface area contributed by atoms with E-state index < -0.39 is 0 Å². The second-order valence-electron chi connectivity index (χ2n) is 4.09. The van der Waals surface area contributed by atoms with Crippen LogP contribution in [-0.4, -0.2) is 9.55 Å². The maximum absolute atomic E-state index is 5.71. The van der Waals surface area contributed by atoms with Gasteiger partial charge in [-0.1, -0.05) is 18.2 Å². The van der Waals surface area contributed by atoms with Crippen LogP contribution in [0.5, 0.6) is 0 Å². The quantitative estimate of drug-likeness (QED) is 0.746. The Hall–Kier alpha value is -1.28. The van der Waals surface area contributed by atoms with Crippen molar-refractivity contribution in [2.75, 3.05) is 0 Å². The molecular formula is C13H15ClN2. The minimum Gasteiger partial charge on any atom is -0.333 e. The third-order valence-electron chi connectivity index (χ3n) is 2.76. The first-order chi connectivity index (χ1) is 7.69. The maximum atomic E-state index is 5.71. The van der Waals surface area contributed by atoms with E-state index in [0.29, 0.717) is 5.88 Å². The highest BCUT2D eigenvalue weighted by Crippen LogP contribution is 2.11. The lowest BCUT2D eigenvalue weighted by atomic mass is 10.1. The van der Waals surface area contributed by atoms with Crippen molar-refractivity contribution in [2.24, 2.45) is 0 Å². The topological polar surface area (TPSA) is 17.8 Å². The predicted molar refractivity (Wildman–Crippen MR) is 66.8 cm³/mol. The highest BCUT2D eigenvalue weighted by Gasteiger charge is 2.00. The van der Waals surface area contributed by atoms with Gasteiger partial charge in [-0.2, -0.15) is 0 Å². The second-order valence-corrected chi connectivity index (χ2v) is 4.36. The lowest BCUT2D eigenvalue weighted by Gasteiger charge is -2.05. The molecule has 2 rings (SSSR count). The number of aromatic nitrogens is 2. The molecule has 0 aliphatic carbocycles. The van der Waals surface area contributed by atoms with Crippen molar-refractivity contribution in [1.82, 2.24) is 9.55 Å². The summed E-state index contributed by atoms with van der Waals surface area (Å²) in [4.78, 5) is 4.20. The molecule has 1 aromatic carbocycles. The zero-order valence-corrected chi connectivity index (χ0v) is 10.3. The van der Waals surface area contributed by atoms with Gasteiger partial charge in [0, 0.05) is 12.7 Å². The van der Waals surface area contributed by atoms with Crippen LogP contribution in [0.1, 0.15) is 22.4 Å². The van der Waals surface area contributed by atoms with Crippen LogP contribution in [0.25, 0.3) is 0 Å². The number of benzene rings is 1. The van der Waals surface area contributed by atoms with Crippen molar-refractivity contribution >= 4 is 11.6 Å². The largest absolute Gasteiger partial charge is 0.333 e. The number of halogens is 1. The average Bonchev–Trinajstić information content (AvgIpc) is 2.71. The summed E-state index contributed by atoms with van der Waals surface area (Å²) in [5, 5.41) is 0. The fourth-order valence-corrected chi connectivity index (χ4v) is 1.81. The smallest absolute Gasteiger partial charge is 0.0953 e. The second kappa shape index (κ2) is 4.71. The van der Waals surface area contributed by atoms with Gasteiger partial charge in [0.05, 0.1) is 17.9 Å². The monoisotopic (exact) mass is 234 g/mol. The lowest BCUT2D eigenvalue weighted by molar-refractivity contribution is 0.795. The van der Waals surface area contributed by atoms with Crippen molar-refractivity contribution < 1.29 is 0 Å². The molecule has 1 aromatic heterocycles. The first kappa shape index (κ1) is 11.2. The molecule has 0 saturated heterocycles. The van der Waals surface area contributed by atoms with E-state index in [0.717, 1.165) is 12.2 Å². The van der Waals surface area contributed by atoms with Crippen molar-refractivity contribution in [3.8, 4) is 0 Å². The minimum atomic E-state index is 0.472. The standard InChI is InChI=1S/C13H15ClN2/c1-10-3-4-12(5-11(10)2)7-16-8-13(6-14)15-9-16/h3-5,8-9H,6-7H2,1-2H3. The van der Waals surface area contributed by atoms with Crippen LogP contribution in [0.15, 0.2) is 30.7 Å². The molecule has 0 radical (unpaired) electrons. The minimum absolute atomic E-state index is 0.472. The molecule has 16 heavy (non-hydrogen) atoms. The van der Waals surface area contributed by atoms with Crippen molar-refractivity contribution in [3.05, 3.63) is 53.1 Å². The molecule has 0 fully saturated rings. The molecule has 0 saturated carbocycles. The molecule has 0 aliphatic rings. The summed E-state index contributed by atoms with van der Waals surface area (Å²) in [5.74, 6) is 0.472. The summed E-state index contributed by atoms with van der Waals surface area (Å²) in [6.45, 7) is 5.11. The maximum Gasteiger partial charge on any atom is 0.0953 e. The van der Waals surface area contributed by atoms with Gasteiger partial charge in [-0.05, 0) is 30.5 Å². The molecule has 3 heteroatoms. The first-order valence-corrected chi connectivity index (χ1v) is 5.85. The fourth-order valence-electron chi connectivity index (χ4n) is 1.67. The Labute approximate surface area is 101 Å². The molecule has 0 aliphatic heterocycles. The van der Waals surface area contributed by atoms with Gasteiger partial charge >= 0.3 is 0 Å². The molecule has 2 nitrogen and oxygen atoms in total. The zero-order valence-electron chi connectivity index (χ0n) is 9.57. The summed E-state index contributed by atoms with van der Waals surface area (Å²) >= 11 is 5.71. The fraction of sp³-hybridized carbons (Fsp3) is 0.308. The molecule has 84 valence electrons. The number of rotatable bonds is 3. The van der Waals surface area contributed by atoms with Gasteiger partial charge in [-0.25, -0.2) is 4.98 Å². The number of hydrogen-bond acceptors (Lipinski definition) is 1. The molecule has 0 unspecified atom stereocenters. The van der Waals surface area contributed by atoms with E-state index in [2.05, 4.69) is 41.6 Å². The predicted octanol–water partition coefficient (Wildman–Crippen LogP) is 3.29. The molecule has 0 bridgehead atoms. The number of alkyl halides is 1. The van der Waals surface area contributed by atoms with E-state index in [1.54, 1.807) is 0 Å². The van der Waals surface area contributed by atoms with Crippen LogP contribution in [0.2, 0.25) is 0 Å². The van der Waals surface area contributed by atoms with Crippen LogP contribution in [-0.2, 0) is 12.4 Å². The van der Waals surface area contributed by atoms with Gasteiger partial charge in [0.2, 0.25) is 0 Å².